The van der Waals surface area contributed by atoms with Crippen LogP contribution in [-0.2, 0) is 13.0 Å². The molecule has 33 heavy (non-hydrogen) atoms. The number of aromatic nitrogens is 3. The first-order chi connectivity index (χ1) is 15.9. The third kappa shape index (κ3) is 4.89. The van der Waals surface area contributed by atoms with Crippen LogP contribution in [0.5, 0.6) is 5.75 Å². The number of anilines is 2. The minimum Gasteiger partial charge on any atom is -0.406 e. The third-order valence-electron chi connectivity index (χ3n) is 5.59. The molecule has 0 saturated heterocycles. The first kappa shape index (κ1) is 21.2. The Bertz CT molecular complexity index is 1180. The van der Waals surface area contributed by atoms with Gasteiger partial charge in [-0.2, -0.15) is 0 Å². The summed E-state index contributed by atoms with van der Waals surface area (Å²) >= 11 is 0. The van der Waals surface area contributed by atoms with Crippen LogP contribution >= 0.6 is 0 Å². The zero-order valence-corrected chi connectivity index (χ0v) is 17.5. The van der Waals surface area contributed by atoms with Gasteiger partial charge in [0.15, 0.2) is 0 Å². The van der Waals surface area contributed by atoms with Gasteiger partial charge in [0.2, 0.25) is 5.95 Å². The molecular formula is C23H20F3N5O2. The number of pyridine rings is 1. The number of benzene rings is 1. The van der Waals surface area contributed by atoms with Gasteiger partial charge in [-0.3, -0.25) is 9.69 Å². The Morgan fingerprint density at radius 3 is 2.67 bits per heavy atom. The number of carbonyl (C=O) groups excluding carboxylic acids is 1. The van der Waals surface area contributed by atoms with Crippen molar-refractivity contribution in [2.45, 2.75) is 38.1 Å². The monoisotopic (exact) mass is 455 g/mol. The van der Waals surface area contributed by atoms with Crippen LogP contribution in [0.25, 0.3) is 0 Å². The molecule has 1 N–H and O–H groups in total. The van der Waals surface area contributed by atoms with Crippen LogP contribution in [0.2, 0.25) is 0 Å². The summed E-state index contributed by atoms with van der Waals surface area (Å²) in [7, 11) is 0. The highest BCUT2D eigenvalue weighted by atomic mass is 19.4. The molecule has 1 aliphatic carbocycles. The molecule has 1 aliphatic heterocycles. The minimum atomic E-state index is -4.75. The van der Waals surface area contributed by atoms with Gasteiger partial charge in [-0.1, -0.05) is 12.1 Å². The van der Waals surface area contributed by atoms with Crippen molar-refractivity contribution < 1.29 is 22.7 Å². The topological polar surface area (TPSA) is 80.2 Å². The maximum absolute atomic E-state index is 12.8. The highest BCUT2D eigenvalue weighted by molar-refractivity contribution is 6.06. The number of halogens is 3. The molecule has 2 aromatic heterocycles. The van der Waals surface area contributed by atoms with E-state index in [4.69, 9.17) is 0 Å². The highest BCUT2D eigenvalue weighted by Gasteiger charge is 2.32. The molecule has 2 aliphatic rings. The van der Waals surface area contributed by atoms with Crippen LogP contribution < -0.4 is 15.0 Å². The second-order valence-corrected chi connectivity index (χ2v) is 8.07. The van der Waals surface area contributed by atoms with E-state index in [1.807, 2.05) is 18.2 Å². The van der Waals surface area contributed by atoms with Crippen molar-refractivity contribution in [1.29, 1.82) is 0 Å². The van der Waals surface area contributed by atoms with Crippen molar-refractivity contribution in [2.75, 3.05) is 16.8 Å². The molecule has 0 radical (unpaired) electrons. The van der Waals surface area contributed by atoms with Crippen molar-refractivity contribution in [2.24, 2.45) is 0 Å². The summed E-state index contributed by atoms with van der Waals surface area (Å²) in [5, 5.41) is 2.99. The van der Waals surface area contributed by atoms with Crippen molar-refractivity contribution in [3.8, 4) is 5.75 Å². The number of carbonyl (C=O) groups is 1. The number of amides is 1. The Labute approximate surface area is 187 Å². The first-order valence-corrected chi connectivity index (χ1v) is 10.6. The largest absolute Gasteiger partial charge is 0.573 e. The van der Waals surface area contributed by atoms with E-state index in [1.54, 1.807) is 11.1 Å². The molecule has 7 nitrogen and oxygen atoms in total. The number of rotatable bonds is 6. The summed E-state index contributed by atoms with van der Waals surface area (Å²) in [4.78, 5) is 27.1. The van der Waals surface area contributed by atoms with Crippen molar-refractivity contribution in [3.05, 3.63) is 71.2 Å². The van der Waals surface area contributed by atoms with Gasteiger partial charge in [-0.25, -0.2) is 15.0 Å². The zero-order valence-electron chi connectivity index (χ0n) is 17.5. The van der Waals surface area contributed by atoms with Gasteiger partial charge in [-0.15, -0.1) is 13.2 Å². The Morgan fingerprint density at radius 2 is 1.94 bits per heavy atom. The molecule has 5 rings (SSSR count). The summed E-state index contributed by atoms with van der Waals surface area (Å²) in [6.45, 7) is 0.760. The van der Waals surface area contributed by atoms with Gasteiger partial charge >= 0.3 is 6.36 Å². The van der Waals surface area contributed by atoms with Gasteiger partial charge in [0.1, 0.15) is 11.6 Å². The lowest BCUT2D eigenvalue weighted by Crippen LogP contribution is -2.29. The summed E-state index contributed by atoms with van der Waals surface area (Å²) in [6.07, 6.45) is 2.42. The second-order valence-electron chi connectivity index (χ2n) is 8.07. The lowest BCUT2D eigenvalue weighted by Gasteiger charge is -2.16. The lowest BCUT2D eigenvalue weighted by molar-refractivity contribution is -0.274. The number of hydrogen-bond donors (Lipinski definition) is 1. The van der Waals surface area contributed by atoms with E-state index in [0.717, 1.165) is 30.4 Å². The number of fused-ring (bicyclic) bond motifs is 1. The average molecular weight is 455 g/mol. The predicted molar refractivity (Wildman–Crippen MR) is 114 cm³/mol. The van der Waals surface area contributed by atoms with Crippen molar-refractivity contribution in [3.63, 3.8) is 0 Å². The normalized spacial score (nSPS) is 15.3. The lowest BCUT2D eigenvalue weighted by atomic mass is 10.1. The van der Waals surface area contributed by atoms with Crippen LogP contribution in [0.1, 0.15) is 45.8 Å². The van der Waals surface area contributed by atoms with Crippen molar-refractivity contribution in [1.82, 2.24) is 15.0 Å². The van der Waals surface area contributed by atoms with E-state index in [1.165, 1.54) is 24.5 Å². The van der Waals surface area contributed by atoms with Crippen LogP contribution in [0, 0.1) is 0 Å². The maximum atomic E-state index is 12.8. The van der Waals surface area contributed by atoms with Gasteiger partial charge in [0.25, 0.3) is 5.91 Å². The molecule has 1 amide bonds. The number of ether oxygens (including phenoxy) is 1. The molecule has 1 aromatic carbocycles. The van der Waals surface area contributed by atoms with Crippen LogP contribution in [-0.4, -0.2) is 33.8 Å². The fourth-order valence-corrected chi connectivity index (χ4v) is 3.90. The molecule has 1 saturated carbocycles. The standard InChI is InChI=1S/C23H20F3N5O2/c24-23(25,26)33-19-9-14(8-17(10-19)15-3-4-15)11-28-22-29-12-18(13-30-22)21(32)31-7-5-16-2-1-6-27-20(16)31/h1-2,6,8-10,12-13,15H,3-5,7,11H2,(H,28,29,30). The van der Waals surface area contributed by atoms with E-state index < -0.39 is 6.36 Å². The number of hydrogen-bond acceptors (Lipinski definition) is 6. The molecule has 3 aromatic rings. The Balaban J connectivity index is 1.26. The van der Waals surface area contributed by atoms with E-state index in [2.05, 4.69) is 25.0 Å². The zero-order chi connectivity index (χ0) is 23.0. The van der Waals surface area contributed by atoms with Crippen LogP contribution in [0.15, 0.2) is 48.9 Å². The summed E-state index contributed by atoms with van der Waals surface area (Å²) in [5.41, 5.74) is 2.81. The number of alkyl halides is 3. The van der Waals surface area contributed by atoms with E-state index in [0.29, 0.717) is 23.5 Å². The molecule has 10 heteroatoms. The molecule has 0 unspecified atom stereocenters. The fraction of sp³-hybridized carbons (Fsp3) is 0.304. The van der Waals surface area contributed by atoms with Gasteiger partial charge < -0.3 is 10.1 Å². The van der Waals surface area contributed by atoms with Gasteiger partial charge in [0, 0.05) is 31.7 Å². The quantitative estimate of drug-likeness (QED) is 0.591. The van der Waals surface area contributed by atoms with Crippen LogP contribution in [0.4, 0.5) is 24.9 Å². The molecular weight excluding hydrogens is 435 g/mol. The molecule has 1 fully saturated rings. The fourth-order valence-electron chi connectivity index (χ4n) is 3.90. The second kappa shape index (κ2) is 8.34. The Kier molecular flexibility index (Phi) is 5.35. The van der Waals surface area contributed by atoms with E-state index in [-0.39, 0.29) is 30.1 Å². The number of nitrogens with one attached hydrogen (secondary N) is 1. The maximum Gasteiger partial charge on any atom is 0.573 e. The SMILES string of the molecule is O=C(c1cnc(NCc2cc(OC(F)(F)F)cc(C3CC3)c2)nc1)N1CCc2cccnc21. The Morgan fingerprint density at radius 1 is 1.15 bits per heavy atom. The van der Waals surface area contributed by atoms with Gasteiger partial charge in [0.05, 0.1) is 5.56 Å². The molecule has 3 heterocycles. The smallest absolute Gasteiger partial charge is 0.406 e. The molecule has 0 atom stereocenters. The predicted octanol–water partition coefficient (Wildman–Crippen LogP) is 4.46. The summed E-state index contributed by atoms with van der Waals surface area (Å²) < 4.78 is 42.2. The third-order valence-corrected chi connectivity index (χ3v) is 5.59. The minimum absolute atomic E-state index is 0.214. The van der Waals surface area contributed by atoms with Gasteiger partial charge in [-0.05, 0) is 60.1 Å². The highest BCUT2D eigenvalue weighted by Crippen LogP contribution is 2.42. The molecule has 0 bridgehead atoms. The first-order valence-electron chi connectivity index (χ1n) is 10.6. The average Bonchev–Trinajstić information content (AvgIpc) is 3.55. The van der Waals surface area contributed by atoms with E-state index >= 15 is 0 Å². The van der Waals surface area contributed by atoms with Crippen LogP contribution in [0.3, 0.4) is 0 Å². The van der Waals surface area contributed by atoms with E-state index in [9.17, 15) is 18.0 Å². The summed E-state index contributed by atoms with van der Waals surface area (Å²) in [6, 6.07) is 8.44. The van der Waals surface area contributed by atoms with Crippen molar-refractivity contribution >= 4 is 17.7 Å². The number of nitrogens with zero attached hydrogens (tertiary/aromatic N) is 4. The Hall–Kier alpha value is -3.69. The molecule has 0 spiro atoms. The summed E-state index contributed by atoms with van der Waals surface area (Å²) in [5.74, 6) is 0.723. The molecule has 170 valence electrons.